The van der Waals surface area contributed by atoms with Crippen molar-refractivity contribution in [1.29, 1.82) is 0 Å². The number of rotatable bonds is 7. The predicted octanol–water partition coefficient (Wildman–Crippen LogP) is 3.01. The van der Waals surface area contributed by atoms with Gasteiger partial charge in [-0.2, -0.15) is 0 Å². The van der Waals surface area contributed by atoms with Crippen molar-refractivity contribution in [2.45, 2.75) is 24.6 Å². The minimum Gasteiger partial charge on any atom is -0.459 e. The minimum absolute atomic E-state index is 0.259. The summed E-state index contributed by atoms with van der Waals surface area (Å²) in [6.07, 6.45) is -5.24. The molecular weight excluding hydrogens is 440 g/mol. The van der Waals surface area contributed by atoms with Crippen LogP contribution in [0.1, 0.15) is 31.1 Å². The number of esters is 3. The Kier molecular flexibility index (Phi) is 7.31. The van der Waals surface area contributed by atoms with E-state index in [-0.39, 0.29) is 17.7 Å². The Morgan fingerprint density at radius 3 is 1.62 bits per heavy atom. The maximum absolute atomic E-state index is 12.6. The van der Waals surface area contributed by atoms with Gasteiger partial charge in [-0.25, -0.2) is 14.4 Å². The molecule has 0 bridgehead atoms. The van der Waals surface area contributed by atoms with Gasteiger partial charge in [0, 0.05) is 0 Å². The number of ether oxygens (including phenoxy) is 4. The molecule has 1 N–H and O–H groups in total. The van der Waals surface area contributed by atoms with Crippen molar-refractivity contribution in [1.82, 2.24) is 0 Å². The van der Waals surface area contributed by atoms with Gasteiger partial charge in [0.2, 0.25) is 6.29 Å². The Morgan fingerprint density at radius 1 is 0.676 bits per heavy atom. The molecule has 1 unspecified atom stereocenters. The van der Waals surface area contributed by atoms with Crippen molar-refractivity contribution >= 4 is 17.9 Å². The topological polar surface area (TPSA) is 108 Å². The van der Waals surface area contributed by atoms with Crippen molar-refractivity contribution < 1.29 is 38.4 Å². The first kappa shape index (κ1) is 23.2. The molecule has 3 aromatic rings. The predicted molar refractivity (Wildman–Crippen MR) is 119 cm³/mol. The van der Waals surface area contributed by atoms with Crippen molar-refractivity contribution in [2.24, 2.45) is 0 Å². The Hall–Kier alpha value is -4.01. The Balaban J connectivity index is 1.47. The molecule has 34 heavy (non-hydrogen) atoms. The van der Waals surface area contributed by atoms with Crippen LogP contribution in [0.5, 0.6) is 0 Å². The summed E-state index contributed by atoms with van der Waals surface area (Å²) in [6.45, 7) is -0.336. The van der Waals surface area contributed by atoms with Gasteiger partial charge in [-0.3, -0.25) is 0 Å². The fourth-order valence-electron chi connectivity index (χ4n) is 3.41. The average molecular weight is 462 g/mol. The normalized spacial score (nSPS) is 21.4. The van der Waals surface area contributed by atoms with Crippen LogP contribution in [0.3, 0.4) is 0 Å². The molecule has 0 amide bonds. The highest BCUT2D eigenvalue weighted by molar-refractivity contribution is 5.90. The van der Waals surface area contributed by atoms with E-state index in [1.165, 1.54) is 0 Å². The molecule has 1 aliphatic heterocycles. The lowest BCUT2D eigenvalue weighted by atomic mass is 10.1. The molecule has 174 valence electrons. The molecule has 0 spiro atoms. The molecule has 1 heterocycles. The van der Waals surface area contributed by atoms with E-state index in [1.807, 2.05) is 0 Å². The lowest BCUT2D eigenvalue weighted by Crippen LogP contribution is -2.40. The Morgan fingerprint density at radius 2 is 1.12 bits per heavy atom. The number of carbonyl (C=O) groups is 3. The van der Waals surface area contributed by atoms with Crippen molar-refractivity contribution in [3.63, 3.8) is 0 Å². The van der Waals surface area contributed by atoms with E-state index in [2.05, 4.69) is 0 Å². The van der Waals surface area contributed by atoms with Gasteiger partial charge in [0.25, 0.3) is 0 Å². The van der Waals surface area contributed by atoms with Gasteiger partial charge in [-0.05, 0) is 36.4 Å². The van der Waals surface area contributed by atoms with E-state index in [0.29, 0.717) is 5.56 Å². The fourth-order valence-corrected chi connectivity index (χ4v) is 3.41. The summed E-state index contributed by atoms with van der Waals surface area (Å²) >= 11 is 0. The first-order valence-corrected chi connectivity index (χ1v) is 10.6. The molecule has 8 heteroatoms. The van der Waals surface area contributed by atoms with Gasteiger partial charge in [0.1, 0.15) is 12.7 Å². The molecule has 0 radical (unpaired) electrons. The van der Waals surface area contributed by atoms with Crippen LogP contribution in [0.2, 0.25) is 0 Å². The van der Waals surface area contributed by atoms with Crippen LogP contribution in [0, 0.1) is 0 Å². The summed E-state index contributed by atoms with van der Waals surface area (Å²) in [6, 6.07) is 24.7. The highest BCUT2D eigenvalue weighted by atomic mass is 16.7. The lowest BCUT2D eigenvalue weighted by Gasteiger charge is -2.20. The van der Waals surface area contributed by atoms with Gasteiger partial charge in [-0.1, -0.05) is 54.6 Å². The van der Waals surface area contributed by atoms with Crippen LogP contribution in [-0.4, -0.2) is 54.2 Å². The van der Waals surface area contributed by atoms with E-state index in [9.17, 15) is 19.5 Å². The van der Waals surface area contributed by atoms with Crippen molar-refractivity contribution in [3.8, 4) is 0 Å². The maximum Gasteiger partial charge on any atom is 0.340 e. The molecular formula is C26H22O8. The standard InChI is InChI=1S/C26H22O8/c27-21-22(33-24(29)18-12-6-2-7-13-18)20(16-31-23(28)17-10-4-1-5-11-17)32-26(21)34-25(30)19-14-8-3-9-15-19/h1-15,20-22,26-27H,16H2/t20-,21?,22-,26+/m1/s1. The average Bonchev–Trinajstić information content (AvgIpc) is 3.17. The quantitative estimate of drug-likeness (QED) is 0.422. The minimum atomic E-state index is -1.50. The first-order valence-electron chi connectivity index (χ1n) is 10.6. The summed E-state index contributed by atoms with van der Waals surface area (Å²) in [5, 5.41) is 10.8. The second-order valence-electron chi connectivity index (χ2n) is 7.51. The van der Waals surface area contributed by atoms with Crippen LogP contribution >= 0.6 is 0 Å². The number of hydrogen-bond donors (Lipinski definition) is 1. The molecule has 4 rings (SSSR count). The lowest BCUT2D eigenvalue weighted by molar-refractivity contribution is -0.139. The first-order chi connectivity index (χ1) is 16.5. The molecule has 3 aromatic carbocycles. The molecule has 0 aliphatic carbocycles. The number of aliphatic hydroxyl groups excluding tert-OH is 1. The molecule has 1 aliphatic rings. The van der Waals surface area contributed by atoms with Gasteiger partial charge in [0.05, 0.1) is 16.7 Å². The third kappa shape index (κ3) is 5.48. The molecule has 0 aromatic heterocycles. The van der Waals surface area contributed by atoms with Crippen molar-refractivity contribution in [2.75, 3.05) is 6.61 Å². The van der Waals surface area contributed by atoms with Crippen LogP contribution < -0.4 is 0 Å². The van der Waals surface area contributed by atoms with Crippen LogP contribution in [-0.2, 0) is 18.9 Å². The van der Waals surface area contributed by atoms with Gasteiger partial charge in [0.15, 0.2) is 12.2 Å². The van der Waals surface area contributed by atoms with E-state index in [1.54, 1.807) is 91.0 Å². The van der Waals surface area contributed by atoms with Crippen LogP contribution in [0.15, 0.2) is 91.0 Å². The highest BCUT2D eigenvalue weighted by Gasteiger charge is 2.49. The van der Waals surface area contributed by atoms with E-state index < -0.39 is 42.5 Å². The molecule has 8 nitrogen and oxygen atoms in total. The summed E-state index contributed by atoms with van der Waals surface area (Å²) < 4.78 is 21.8. The zero-order valence-corrected chi connectivity index (χ0v) is 18.0. The molecule has 1 fully saturated rings. The Bertz CT molecular complexity index is 1120. The number of benzene rings is 3. The van der Waals surface area contributed by atoms with Gasteiger partial charge in [-0.15, -0.1) is 0 Å². The largest absolute Gasteiger partial charge is 0.459 e. The van der Waals surface area contributed by atoms with E-state index in [4.69, 9.17) is 18.9 Å². The molecule has 0 saturated carbocycles. The van der Waals surface area contributed by atoms with E-state index in [0.717, 1.165) is 0 Å². The van der Waals surface area contributed by atoms with E-state index >= 15 is 0 Å². The second-order valence-corrected chi connectivity index (χ2v) is 7.51. The monoisotopic (exact) mass is 462 g/mol. The van der Waals surface area contributed by atoms with Crippen molar-refractivity contribution in [3.05, 3.63) is 108 Å². The number of carbonyl (C=O) groups excluding carboxylic acids is 3. The second kappa shape index (κ2) is 10.7. The SMILES string of the molecule is O=C(OC[C@H]1O[C@@H](OC(=O)c2ccccc2)C(O)[C@@H]1OC(=O)c1ccccc1)c1ccccc1. The third-order valence-corrected chi connectivity index (χ3v) is 5.16. The number of aliphatic hydroxyl groups is 1. The summed E-state index contributed by atoms with van der Waals surface area (Å²) in [5.74, 6) is -2.04. The number of hydrogen-bond acceptors (Lipinski definition) is 8. The highest BCUT2D eigenvalue weighted by Crippen LogP contribution is 2.27. The van der Waals surface area contributed by atoms with Crippen LogP contribution in [0.4, 0.5) is 0 Å². The smallest absolute Gasteiger partial charge is 0.340 e. The molecule has 1 saturated heterocycles. The molecule has 4 atom stereocenters. The Labute approximate surface area is 195 Å². The zero-order chi connectivity index (χ0) is 23.9. The summed E-state index contributed by atoms with van der Waals surface area (Å²) in [5.41, 5.74) is 0.848. The fraction of sp³-hybridized carbons (Fsp3) is 0.192. The van der Waals surface area contributed by atoms with Gasteiger partial charge >= 0.3 is 17.9 Å². The third-order valence-electron chi connectivity index (χ3n) is 5.16. The zero-order valence-electron chi connectivity index (χ0n) is 18.0. The summed E-state index contributed by atoms with van der Waals surface area (Å²) in [7, 11) is 0. The van der Waals surface area contributed by atoms with Crippen LogP contribution in [0.25, 0.3) is 0 Å². The summed E-state index contributed by atoms with van der Waals surface area (Å²) in [4.78, 5) is 37.4. The maximum atomic E-state index is 12.6. The van der Waals surface area contributed by atoms with Gasteiger partial charge < -0.3 is 24.1 Å².